The van der Waals surface area contributed by atoms with E-state index in [9.17, 15) is 4.80 Å². The molecule has 74 valence electrons. The highest BCUT2D eigenvalue weighted by Crippen LogP contribution is 2.03. The highest BCUT2D eigenvalue weighted by Gasteiger charge is 2.38. The molecule has 0 radical (unpaired) electrons. The molecular weight excluding hydrogens is 180 g/mol. The molecule has 1 atom stereocenters. The van der Waals surface area contributed by atoms with Crippen LogP contribution in [0.5, 0.6) is 0 Å². The van der Waals surface area contributed by atoms with Crippen LogP contribution in [0.2, 0.25) is 0 Å². The number of hydrogen-bond donors (Lipinski definition) is 2. The summed E-state index contributed by atoms with van der Waals surface area (Å²) in [7, 11) is -0.837. The standard InChI is InChI=1S/C6H16O5Si/c1-4-6(7)5-11-12(8,9-2)10-3/h6-8H,4-5H2,1-3H3. The van der Waals surface area contributed by atoms with E-state index in [1.165, 1.54) is 14.2 Å². The summed E-state index contributed by atoms with van der Waals surface area (Å²) in [5, 5.41) is 9.09. The average Bonchev–Trinajstić information content (AvgIpc) is 2.13. The van der Waals surface area contributed by atoms with Crippen molar-refractivity contribution in [1.82, 2.24) is 0 Å². The van der Waals surface area contributed by atoms with Crippen LogP contribution in [0.1, 0.15) is 13.3 Å². The molecule has 0 rings (SSSR count). The molecule has 0 heterocycles. The minimum Gasteiger partial charge on any atom is -0.391 e. The van der Waals surface area contributed by atoms with Gasteiger partial charge in [-0.1, -0.05) is 6.92 Å². The summed E-state index contributed by atoms with van der Waals surface area (Å²) in [6.45, 7) is 1.84. The van der Waals surface area contributed by atoms with Gasteiger partial charge in [-0.05, 0) is 6.42 Å². The number of hydrogen-bond acceptors (Lipinski definition) is 5. The smallest absolute Gasteiger partial charge is 0.391 e. The average molecular weight is 196 g/mol. The van der Waals surface area contributed by atoms with Crippen molar-refractivity contribution in [1.29, 1.82) is 0 Å². The molecule has 0 aromatic carbocycles. The molecule has 0 aromatic rings. The second kappa shape index (κ2) is 5.63. The van der Waals surface area contributed by atoms with Crippen molar-refractivity contribution < 1.29 is 23.2 Å². The molecule has 0 aliphatic rings. The number of rotatable bonds is 6. The van der Waals surface area contributed by atoms with Crippen LogP contribution < -0.4 is 0 Å². The van der Waals surface area contributed by atoms with Gasteiger partial charge in [-0.25, -0.2) is 0 Å². The van der Waals surface area contributed by atoms with E-state index in [1.807, 2.05) is 6.92 Å². The predicted octanol–water partition coefficient (Wildman–Crippen LogP) is -0.505. The van der Waals surface area contributed by atoms with Crippen molar-refractivity contribution in [3.05, 3.63) is 0 Å². The molecule has 0 saturated carbocycles. The lowest BCUT2D eigenvalue weighted by atomic mass is 10.3. The van der Waals surface area contributed by atoms with Crippen molar-refractivity contribution in [2.24, 2.45) is 0 Å². The number of aliphatic hydroxyl groups excluding tert-OH is 1. The highest BCUT2D eigenvalue weighted by molar-refractivity contribution is 6.51. The Morgan fingerprint density at radius 2 is 1.83 bits per heavy atom. The SMILES string of the molecule is CCC(O)CO[Si](O)(OC)OC. The van der Waals surface area contributed by atoms with Gasteiger partial charge >= 0.3 is 9.05 Å². The third-order valence-electron chi connectivity index (χ3n) is 1.45. The molecule has 1 unspecified atom stereocenters. The fourth-order valence-electron chi connectivity index (χ4n) is 0.521. The maximum Gasteiger partial charge on any atom is 0.676 e. The summed E-state index contributed by atoms with van der Waals surface area (Å²) in [5.41, 5.74) is 0. The fraction of sp³-hybridized carbons (Fsp3) is 1.00. The maximum atomic E-state index is 9.33. The first-order valence-corrected chi connectivity index (χ1v) is 5.39. The third-order valence-corrected chi connectivity index (χ3v) is 3.01. The number of aliphatic hydroxyl groups is 1. The Bertz CT molecular complexity index is 117. The molecule has 12 heavy (non-hydrogen) atoms. The summed E-state index contributed by atoms with van der Waals surface area (Å²) >= 11 is 0. The normalized spacial score (nSPS) is 14.8. The van der Waals surface area contributed by atoms with Crippen LogP contribution in [0.15, 0.2) is 0 Å². The molecule has 0 aromatic heterocycles. The second-order valence-corrected chi connectivity index (χ2v) is 4.46. The monoisotopic (exact) mass is 196 g/mol. The Morgan fingerprint density at radius 1 is 1.33 bits per heavy atom. The predicted molar refractivity (Wildman–Crippen MR) is 44.2 cm³/mol. The molecule has 0 aliphatic heterocycles. The van der Waals surface area contributed by atoms with Crippen LogP contribution in [-0.4, -0.2) is 45.9 Å². The van der Waals surface area contributed by atoms with E-state index in [0.29, 0.717) is 6.42 Å². The zero-order valence-electron chi connectivity index (χ0n) is 7.61. The van der Waals surface area contributed by atoms with Crippen LogP contribution in [0.4, 0.5) is 0 Å². The summed E-state index contributed by atoms with van der Waals surface area (Å²) in [4.78, 5) is 9.33. The first-order chi connectivity index (χ1) is 5.58. The van der Waals surface area contributed by atoms with Gasteiger partial charge in [0.05, 0.1) is 12.7 Å². The molecular formula is C6H16O5Si. The summed E-state index contributed by atoms with van der Waals surface area (Å²) in [6.07, 6.45) is -0.0212. The van der Waals surface area contributed by atoms with E-state index in [4.69, 9.17) is 9.53 Å². The largest absolute Gasteiger partial charge is 0.676 e. The van der Waals surface area contributed by atoms with E-state index in [0.717, 1.165) is 0 Å². The zero-order chi connectivity index (χ0) is 9.61. The molecule has 5 nitrogen and oxygen atoms in total. The third kappa shape index (κ3) is 4.15. The lowest BCUT2D eigenvalue weighted by molar-refractivity contribution is -0.00808. The highest BCUT2D eigenvalue weighted by atomic mass is 28.4. The van der Waals surface area contributed by atoms with Gasteiger partial charge in [0.25, 0.3) is 0 Å². The van der Waals surface area contributed by atoms with Gasteiger partial charge in [0.2, 0.25) is 0 Å². The quantitative estimate of drug-likeness (QED) is 0.560. The Balaban J connectivity index is 3.72. The Hall–Kier alpha value is 0.0169. The van der Waals surface area contributed by atoms with Crippen LogP contribution in [-0.2, 0) is 13.3 Å². The molecule has 0 spiro atoms. The Kier molecular flexibility index (Phi) is 5.63. The van der Waals surface area contributed by atoms with Crippen molar-refractivity contribution in [3.8, 4) is 0 Å². The van der Waals surface area contributed by atoms with Gasteiger partial charge < -0.3 is 23.2 Å². The molecule has 0 saturated heterocycles. The molecule has 0 amide bonds. The lowest BCUT2D eigenvalue weighted by Crippen LogP contribution is -2.45. The molecule has 0 bridgehead atoms. The Labute approximate surface area is 73.4 Å². The van der Waals surface area contributed by atoms with E-state index >= 15 is 0 Å². The van der Waals surface area contributed by atoms with Gasteiger partial charge in [-0.2, -0.15) is 0 Å². The van der Waals surface area contributed by atoms with E-state index < -0.39 is 15.2 Å². The minimum atomic E-state index is -3.44. The van der Waals surface area contributed by atoms with E-state index in [2.05, 4.69) is 8.85 Å². The first-order valence-electron chi connectivity index (χ1n) is 3.72. The van der Waals surface area contributed by atoms with Crippen LogP contribution in [0.3, 0.4) is 0 Å². The summed E-state index contributed by atoms with van der Waals surface area (Å²) in [6, 6.07) is 0. The van der Waals surface area contributed by atoms with Crippen molar-refractivity contribution in [3.63, 3.8) is 0 Å². The molecule has 2 N–H and O–H groups in total. The summed E-state index contributed by atoms with van der Waals surface area (Å²) in [5.74, 6) is 0. The Morgan fingerprint density at radius 3 is 2.17 bits per heavy atom. The van der Waals surface area contributed by atoms with Crippen molar-refractivity contribution in [2.45, 2.75) is 19.4 Å². The van der Waals surface area contributed by atoms with Crippen LogP contribution >= 0.6 is 0 Å². The maximum absolute atomic E-state index is 9.33. The fourth-order valence-corrected chi connectivity index (χ4v) is 1.33. The van der Waals surface area contributed by atoms with E-state index in [-0.39, 0.29) is 6.61 Å². The zero-order valence-corrected chi connectivity index (χ0v) is 8.61. The van der Waals surface area contributed by atoms with Gasteiger partial charge in [-0.3, -0.25) is 0 Å². The van der Waals surface area contributed by atoms with Gasteiger partial charge in [0.15, 0.2) is 0 Å². The van der Waals surface area contributed by atoms with Crippen molar-refractivity contribution in [2.75, 3.05) is 20.8 Å². The van der Waals surface area contributed by atoms with E-state index in [1.54, 1.807) is 0 Å². The lowest BCUT2D eigenvalue weighted by Gasteiger charge is -2.20. The summed E-state index contributed by atoms with van der Waals surface area (Å²) < 4.78 is 14.1. The topological polar surface area (TPSA) is 68.2 Å². The van der Waals surface area contributed by atoms with Gasteiger partial charge in [-0.15, -0.1) is 0 Å². The van der Waals surface area contributed by atoms with Gasteiger partial charge in [0, 0.05) is 14.2 Å². The first kappa shape index (κ1) is 12.0. The second-order valence-electron chi connectivity index (χ2n) is 2.31. The molecule has 0 aliphatic carbocycles. The minimum absolute atomic E-state index is 0.0287. The molecule has 6 heteroatoms. The van der Waals surface area contributed by atoms with Gasteiger partial charge in [0.1, 0.15) is 0 Å². The molecule has 0 fully saturated rings. The van der Waals surface area contributed by atoms with Crippen molar-refractivity contribution >= 4 is 9.05 Å². The van der Waals surface area contributed by atoms with Crippen LogP contribution in [0.25, 0.3) is 0 Å². The van der Waals surface area contributed by atoms with Crippen LogP contribution in [0, 0.1) is 0 Å².